The smallest absolute Gasteiger partial charge is 0.219 e. The molecule has 0 spiro atoms. The van der Waals surface area contributed by atoms with Gasteiger partial charge >= 0.3 is 0 Å². The zero-order chi connectivity index (χ0) is 12.5. The van der Waals surface area contributed by atoms with Crippen LogP contribution in [0.1, 0.15) is 32.4 Å². The van der Waals surface area contributed by atoms with E-state index in [0.717, 1.165) is 13.1 Å². The molecule has 1 aliphatic rings. The van der Waals surface area contributed by atoms with Crippen molar-refractivity contribution in [1.82, 2.24) is 10.2 Å². The lowest BCUT2D eigenvalue weighted by Crippen LogP contribution is -2.60. The lowest BCUT2D eigenvalue weighted by atomic mass is 9.94. The summed E-state index contributed by atoms with van der Waals surface area (Å²) in [5.74, 6) is 0.150. The summed E-state index contributed by atoms with van der Waals surface area (Å²) in [5.41, 5.74) is 1.14. The molecule has 0 saturated carbocycles. The minimum absolute atomic E-state index is 0.100. The fraction of sp³-hybridized carbons (Fsp3) is 0.500. The highest BCUT2D eigenvalue weighted by atomic mass is 16.2. The summed E-state index contributed by atoms with van der Waals surface area (Å²) in [6, 6.07) is 10.5. The maximum atomic E-state index is 11.7. The molecule has 1 heterocycles. The largest absolute Gasteiger partial charge is 0.335 e. The zero-order valence-electron chi connectivity index (χ0n) is 10.7. The van der Waals surface area contributed by atoms with E-state index in [1.165, 1.54) is 5.56 Å². The summed E-state index contributed by atoms with van der Waals surface area (Å²) in [6.07, 6.45) is 0. The zero-order valence-corrected chi connectivity index (χ0v) is 10.7. The molecule has 17 heavy (non-hydrogen) atoms. The average Bonchev–Trinajstić information content (AvgIpc) is 2.29. The van der Waals surface area contributed by atoms with Gasteiger partial charge in [-0.25, -0.2) is 0 Å². The van der Waals surface area contributed by atoms with Crippen LogP contribution in [0.15, 0.2) is 30.3 Å². The maximum Gasteiger partial charge on any atom is 0.219 e. The van der Waals surface area contributed by atoms with E-state index >= 15 is 0 Å². The molecule has 92 valence electrons. The third-order valence-corrected chi connectivity index (χ3v) is 3.46. The van der Waals surface area contributed by atoms with Crippen molar-refractivity contribution in [3.63, 3.8) is 0 Å². The van der Waals surface area contributed by atoms with Gasteiger partial charge in [0, 0.05) is 31.6 Å². The molecule has 0 aliphatic carbocycles. The molecule has 1 aromatic rings. The van der Waals surface area contributed by atoms with E-state index in [2.05, 4.69) is 31.3 Å². The van der Waals surface area contributed by atoms with Gasteiger partial charge in [0.2, 0.25) is 5.91 Å². The summed E-state index contributed by atoms with van der Waals surface area (Å²) < 4.78 is 0. The Morgan fingerprint density at radius 3 is 2.59 bits per heavy atom. The molecule has 1 N–H and O–H groups in total. The molecule has 3 nitrogen and oxygen atoms in total. The first-order valence-corrected chi connectivity index (χ1v) is 6.07. The first-order chi connectivity index (χ1) is 8.00. The molecule has 0 aromatic heterocycles. The molecule has 1 aromatic carbocycles. The lowest BCUT2D eigenvalue weighted by Gasteiger charge is -2.46. The van der Waals surface area contributed by atoms with Gasteiger partial charge in [0.05, 0.1) is 0 Å². The van der Waals surface area contributed by atoms with E-state index in [0.29, 0.717) is 0 Å². The van der Waals surface area contributed by atoms with Gasteiger partial charge in [-0.3, -0.25) is 4.79 Å². The van der Waals surface area contributed by atoms with E-state index in [1.54, 1.807) is 6.92 Å². The van der Waals surface area contributed by atoms with Crippen LogP contribution in [0.5, 0.6) is 0 Å². The van der Waals surface area contributed by atoms with Crippen LogP contribution in [-0.4, -0.2) is 29.4 Å². The Balaban J connectivity index is 2.18. The summed E-state index contributed by atoms with van der Waals surface area (Å²) in [7, 11) is 0. The van der Waals surface area contributed by atoms with Gasteiger partial charge in [-0.1, -0.05) is 30.3 Å². The number of amides is 1. The number of rotatable bonds is 1. The molecule has 1 saturated heterocycles. The summed E-state index contributed by atoms with van der Waals surface area (Å²) in [4.78, 5) is 13.6. The van der Waals surface area contributed by atoms with Gasteiger partial charge in [-0.2, -0.15) is 0 Å². The van der Waals surface area contributed by atoms with E-state index in [9.17, 15) is 4.79 Å². The molecular weight excluding hydrogens is 212 g/mol. The van der Waals surface area contributed by atoms with Crippen molar-refractivity contribution < 1.29 is 4.79 Å². The molecule has 0 bridgehead atoms. The molecule has 2 rings (SSSR count). The fourth-order valence-electron chi connectivity index (χ4n) is 2.43. The van der Waals surface area contributed by atoms with Gasteiger partial charge in [-0.15, -0.1) is 0 Å². The third kappa shape index (κ3) is 2.50. The normalized spacial score (nSPS) is 23.5. The van der Waals surface area contributed by atoms with E-state index in [4.69, 9.17) is 0 Å². The Kier molecular flexibility index (Phi) is 3.20. The topological polar surface area (TPSA) is 32.3 Å². The van der Waals surface area contributed by atoms with Crippen LogP contribution >= 0.6 is 0 Å². The predicted molar refractivity (Wildman–Crippen MR) is 68.7 cm³/mol. The monoisotopic (exact) mass is 232 g/mol. The predicted octanol–water partition coefficient (Wildman–Crippen LogP) is 1.96. The Bertz CT molecular complexity index is 400. The first-order valence-electron chi connectivity index (χ1n) is 6.07. The van der Waals surface area contributed by atoms with E-state index in [-0.39, 0.29) is 17.5 Å². The Labute approximate surface area is 103 Å². The third-order valence-electron chi connectivity index (χ3n) is 3.46. The highest BCUT2D eigenvalue weighted by Crippen LogP contribution is 2.25. The van der Waals surface area contributed by atoms with Crippen LogP contribution in [-0.2, 0) is 4.79 Å². The van der Waals surface area contributed by atoms with E-state index < -0.39 is 0 Å². The second kappa shape index (κ2) is 4.49. The minimum Gasteiger partial charge on any atom is -0.335 e. The van der Waals surface area contributed by atoms with Crippen LogP contribution in [0.4, 0.5) is 0 Å². The standard InChI is InChI=1S/C14H20N2O/c1-11(17)16-9-13(15-10-14(16,2)3)12-7-5-4-6-8-12/h4-8,13,15H,9-10H2,1-3H3. The second-order valence-corrected chi connectivity index (χ2v) is 5.29. The maximum absolute atomic E-state index is 11.7. The molecule has 1 aliphatic heterocycles. The van der Waals surface area contributed by atoms with Crippen molar-refractivity contribution in [3.05, 3.63) is 35.9 Å². The van der Waals surface area contributed by atoms with Crippen molar-refractivity contribution >= 4 is 5.91 Å². The van der Waals surface area contributed by atoms with Crippen molar-refractivity contribution in [3.8, 4) is 0 Å². The molecular formula is C14H20N2O. The number of piperazine rings is 1. The number of carbonyl (C=O) groups excluding carboxylic acids is 1. The molecule has 1 unspecified atom stereocenters. The first kappa shape index (κ1) is 12.1. The Hall–Kier alpha value is -1.35. The average molecular weight is 232 g/mol. The van der Waals surface area contributed by atoms with Gasteiger partial charge in [0.25, 0.3) is 0 Å². The summed E-state index contributed by atoms with van der Waals surface area (Å²) in [5, 5.41) is 3.52. The molecule has 0 radical (unpaired) electrons. The van der Waals surface area contributed by atoms with Crippen molar-refractivity contribution in [2.75, 3.05) is 13.1 Å². The van der Waals surface area contributed by atoms with Crippen LogP contribution < -0.4 is 5.32 Å². The minimum atomic E-state index is -0.100. The highest BCUT2D eigenvalue weighted by Gasteiger charge is 2.35. The van der Waals surface area contributed by atoms with Gasteiger partial charge in [0.15, 0.2) is 0 Å². The number of hydrogen-bond acceptors (Lipinski definition) is 2. The van der Waals surface area contributed by atoms with Crippen molar-refractivity contribution in [1.29, 1.82) is 0 Å². The molecule has 3 heteroatoms. The SMILES string of the molecule is CC(=O)N1CC(c2ccccc2)NCC1(C)C. The number of nitrogens with one attached hydrogen (secondary N) is 1. The number of benzene rings is 1. The van der Waals surface area contributed by atoms with Crippen LogP contribution in [0, 0.1) is 0 Å². The van der Waals surface area contributed by atoms with E-state index in [1.807, 2.05) is 23.1 Å². The van der Waals surface area contributed by atoms with Crippen LogP contribution in [0.2, 0.25) is 0 Å². The molecule has 1 fully saturated rings. The number of hydrogen-bond donors (Lipinski definition) is 1. The van der Waals surface area contributed by atoms with Gasteiger partial charge < -0.3 is 10.2 Å². The Morgan fingerprint density at radius 2 is 2.00 bits per heavy atom. The van der Waals surface area contributed by atoms with Gasteiger partial charge in [-0.05, 0) is 19.4 Å². The number of nitrogens with zero attached hydrogens (tertiary/aromatic N) is 1. The molecule has 1 amide bonds. The Morgan fingerprint density at radius 1 is 1.35 bits per heavy atom. The molecule has 1 atom stereocenters. The van der Waals surface area contributed by atoms with Gasteiger partial charge in [0.1, 0.15) is 0 Å². The van der Waals surface area contributed by atoms with Crippen LogP contribution in [0.3, 0.4) is 0 Å². The lowest BCUT2D eigenvalue weighted by molar-refractivity contribution is -0.136. The van der Waals surface area contributed by atoms with Crippen LogP contribution in [0.25, 0.3) is 0 Å². The number of carbonyl (C=O) groups is 1. The second-order valence-electron chi connectivity index (χ2n) is 5.29. The summed E-state index contributed by atoms with van der Waals surface area (Å²) >= 11 is 0. The van der Waals surface area contributed by atoms with Crippen molar-refractivity contribution in [2.45, 2.75) is 32.4 Å². The fourth-order valence-corrected chi connectivity index (χ4v) is 2.43. The highest BCUT2D eigenvalue weighted by molar-refractivity contribution is 5.74. The quantitative estimate of drug-likeness (QED) is 0.802. The van der Waals surface area contributed by atoms with Crippen molar-refractivity contribution in [2.24, 2.45) is 0 Å². The summed E-state index contributed by atoms with van der Waals surface area (Å²) in [6.45, 7) is 7.42.